The van der Waals surface area contributed by atoms with Gasteiger partial charge in [-0.15, -0.1) is 0 Å². The Hall–Kier alpha value is -0.620. The number of aliphatic hydroxyl groups is 1. The van der Waals surface area contributed by atoms with Crippen molar-refractivity contribution >= 4 is 11.6 Å². The van der Waals surface area contributed by atoms with E-state index in [1.807, 2.05) is 18.5 Å². The number of methoxy groups -OCH3 is 1. The molecule has 0 aliphatic heterocycles. The van der Waals surface area contributed by atoms with Crippen LogP contribution in [0.5, 0.6) is 0 Å². The standard InChI is InChI=1S/C13H24ClN3O2/c1-4-11-13(14)12(17(5-2)16-11)8-15-10(6-7-18)9-19-3/h10,15,18H,4-9H2,1-3H3. The Morgan fingerprint density at radius 2 is 2.21 bits per heavy atom. The quantitative estimate of drug-likeness (QED) is 0.725. The Morgan fingerprint density at radius 3 is 2.74 bits per heavy atom. The lowest BCUT2D eigenvalue weighted by Gasteiger charge is -2.17. The molecule has 0 saturated carbocycles. The summed E-state index contributed by atoms with van der Waals surface area (Å²) < 4.78 is 7.06. The normalized spacial score (nSPS) is 12.9. The molecule has 0 spiro atoms. The van der Waals surface area contributed by atoms with Crippen molar-refractivity contribution in [2.45, 2.75) is 45.8 Å². The van der Waals surface area contributed by atoms with Crippen LogP contribution in [0.4, 0.5) is 0 Å². The summed E-state index contributed by atoms with van der Waals surface area (Å²) in [5.41, 5.74) is 1.94. The van der Waals surface area contributed by atoms with Crippen molar-refractivity contribution in [3.63, 3.8) is 0 Å². The van der Waals surface area contributed by atoms with Gasteiger partial charge in [0.15, 0.2) is 0 Å². The second-order valence-corrected chi connectivity index (χ2v) is 4.80. The first-order valence-corrected chi connectivity index (χ1v) is 7.12. The molecule has 1 heterocycles. The first-order chi connectivity index (χ1) is 9.17. The lowest BCUT2D eigenvalue weighted by molar-refractivity contribution is 0.147. The number of rotatable bonds is 9. The highest BCUT2D eigenvalue weighted by molar-refractivity contribution is 6.31. The molecule has 1 rings (SSSR count). The first kappa shape index (κ1) is 16.4. The zero-order valence-corrected chi connectivity index (χ0v) is 12.7. The third kappa shape index (κ3) is 4.45. The highest BCUT2D eigenvalue weighted by Crippen LogP contribution is 2.21. The summed E-state index contributed by atoms with van der Waals surface area (Å²) in [6.07, 6.45) is 1.49. The molecule has 19 heavy (non-hydrogen) atoms. The molecule has 0 aromatic carbocycles. The zero-order valence-electron chi connectivity index (χ0n) is 11.9. The van der Waals surface area contributed by atoms with Crippen LogP contribution in [0.15, 0.2) is 0 Å². The number of hydrogen-bond donors (Lipinski definition) is 2. The summed E-state index contributed by atoms with van der Waals surface area (Å²) >= 11 is 6.34. The van der Waals surface area contributed by atoms with Crippen molar-refractivity contribution in [3.8, 4) is 0 Å². The van der Waals surface area contributed by atoms with Gasteiger partial charge in [-0.25, -0.2) is 0 Å². The number of aliphatic hydroxyl groups excluding tert-OH is 1. The number of nitrogens with zero attached hydrogens (tertiary/aromatic N) is 2. The van der Waals surface area contributed by atoms with E-state index in [-0.39, 0.29) is 12.6 Å². The molecule has 0 aliphatic rings. The minimum atomic E-state index is 0.122. The molecular formula is C13H24ClN3O2. The van der Waals surface area contributed by atoms with Crippen molar-refractivity contribution in [1.82, 2.24) is 15.1 Å². The number of nitrogens with one attached hydrogen (secondary N) is 1. The van der Waals surface area contributed by atoms with Crippen LogP contribution in [0.25, 0.3) is 0 Å². The van der Waals surface area contributed by atoms with Gasteiger partial charge < -0.3 is 15.2 Å². The fourth-order valence-corrected chi connectivity index (χ4v) is 2.36. The Balaban J connectivity index is 2.72. The average molecular weight is 290 g/mol. The first-order valence-electron chi connectivity index (χ1n) is 6.75. The highest BCUT2D eigenvalue weighted by Gasteiger charge is 2.15. The van der Waals surface area contributed by atoms with E-state index in [9.17, 15) is 0 Å². The molecule has 1 aromatic heterocycles. The number of hydrogen-bond acceptors (Lipinski definition) is 4. The molecular weight excluding hydrogens is 266 g/mol. The van der Waals surface area contributed by atoms with Gasteiger partial charge in [0.25, 0.3) is 0 Å². The Labute approximate surface area is 119 Å². The molecule has 0 bridgehead atoms. The minimum Gasteiger partial charge on any atom is -0.396 e. The lowest BCUT2D eigenvalue weighted by atomic mass is 10.2. The van der Waals surface area contributed by atoms with Crippen molar-refractivity contribution in [2.75, 3.05) is 20.3 Å². The van der Waals surface area contributed by atoms with Crippen molar-refractivity contribution in [2.24, 2.45) is 0 Å². The SMILES string of the molecule is CCc1nn(CC)c(CNC(CCO)COC)c1Cl. The van der Waals surface area contributed by atoms with Crippen LogP contribution < -0.4 is 5.32 Å². The van der Waals surface area contributed by atoms with Crippen molar-refractivity contribution in [1.29, 1.82) is 0 Å². The van der Waals surface area contributed by atoms with Gasteiger partial charge >= 0.3 is 0 Å². The predicted octanol–water partition coefficient (Wildman–Crippen LogP) is 1.61. The molecule has 1 unspecified atom stereocenters. The maximum Gasteiger partial charge on any atom is 0.0863 e. The van der Waals surface area contributed by atoms with Crippen molar-refractivity contribution < 1.29 is 9.84 Å². The van der Waals surface area contributed by atoms with E-state index < -0.39 is 0 Å². The van der Waals surface area contributed by atoms with Crippen LogP contribution in [0.1, 0.15) is 31.7 Å². The predicted molar refractivity (Wildman–Crippen MR) is 76.5 cm³/mol. The van der Waals surface area contributed by atoms with E-state index in [1.165, 1.54) is 0 Å². The molecule has 0 radical (unpaired) electrons. The van der Waals surface area contributed by atoms with Gasteiger partial charge in [-0.2, -0.15) is 5.10 Å². The monoisotopic (exact) mass is 289 g/mol. The van der Waals surface area contributed by atoms with E-state index in [2.05, 4.69) is 10.4 Å². The molecule has 6 heteroatoms. The van der Waals surface area contributed by atoms with E-state index in [1.54, 1.807) is 7.11 Å². The van der Waals surface area contributed by atoms with Gasteiger partial charge in [-0.1, -0.05) is 18.5 Å². The summed E-state index contributed by atoms with van der Waals surface area (Å²) in [5, 5.41) is 17.6. The van der Waals surface area contributed by atoms with Gasteiger partial charge in [-0.3, -0.25) is 4.68 Å². The van der Waals surface area contributed by atoms with Gasteiger partial charge in [0.2, 0.25) is 0 Å². The molecule has 0 amide bonds. The number of halogens is 1. The van der Waals surface area contributed by atoms with Gasteiger partial charge in [0, 0.05) is 32.8 Å². The van der Waals surface area contributed by atoms with E-state index in [0.29, 0.717) is 19.6 Å². The topological polar surface area (TPSA) is 59.3 Å². The molecule has 2 N–H and O–H groups in total. The van der Waals surface area contributed by atoms with Crippen LogP contribution >= 0.6 is 11.6 Å². The van der Waals surface area contributed by atoms with Crippen LogP contribution in [-0.2, 0) is 24.2 Å². The second kappa shape index (κ2) is 8.53. The Kier molecular flexibility index (Phi) is 7.38. The van der Waals surface area contributed by atoms with Crippen LogP contribution in [0, 0.1) is 0 Å². The fourth-order valence-electron chi connectivity index (χ4n) is 2.03. The lowest BCUT2D eigenvalue weighted by Crippen LogP contribution is -2.34. The van der Waals surface area contributed by atoms with Gasteiger partial charge in [-0.05, 0) is 19.8 Å². The molecule has 1 aromatic rings. The molecule has 5 nitrogen and oxygen atoms in total. The maximum atomic E-state index is 9.02. The maximum absolute atomic E-state index is 9.02. The van der Waals surface area contributed by atoms with Gasteiger partial charge in [0.05, 0.1) is 23.0 Å². The largest absolute Gasteiger partial charge is 0.396 e. The summed E-state index contributed by atoms with van der Waals surface area (Å²) in [6.45, 7) is 6.23. The molecule has 0 aliphatic carbocycles. The fraction of sp³-hybridized carbons (Fsp3) is 0.769. The number of ether oxygens (including phenoxy) is 1. The highest BCUT2D eigenvalue weighted by atomic mass is 35.5. The Bertz CT molecular complexity index is 376. The van der Waals surface area contributed by atoms with Crippen LogP contribution in [0.3, 0.4) is 0 Å². The Morgan fingerprint density at radius 1 is 1.47 bits per heavy atom. The molecule has 0 fully saturated rings. The summed E-state index contributed by atoms with van der Waals surface area (Å²) in [5.74, 6) is 0. The van der Waals surface area contributed by atoms with Crippen molar-refractivity contribution in [3.05, 3.63) is 16.4 Å². The number of aryl methyl sites for hydroxylation is 2. The van der Waals surface area contributed by atoms with E-state index >= 15 is 0 Å². The smallest absolute Gasteiger partial charge is 0.0863 e. The van der Waals surface area contributed by atoms with Crippen LogP contribution in [-0.4, -0.2) is 41.3 Å². The zero-order chi connectivity index (χ0) is 14.3. The third-order valence-corrected chi connectivity index (χ3v) is 3.53. The minimum absolute atomic E-state index is 0.122. The van der Waals surface area contributed by atoms with Gasteiger partial charge in [0.1, 0.15) is 0 Å². The molecule has 0 saturated heterocycles. The summed E-state index contributed by atoms with van der Waals surface area (Å²) in [4.78, 5) is 0. The van der Waals surface area contributed by atoms with E-state index in [4.69, 9.17) is 21.4 Å². The molecule has 110 valence electrons. The number of aromatic nitrogens is 2. The van der Waals surface area contributed by atoms with E-state index in [0.717, 1.165) is 29.4 Å². The summed E-state index contributed by atoms with van der Waals surface area (Å²) in [7, 11) is 1.66. The molecule has 1 atom stereocenters. The van der Waals surface area contributed by atoms with Crippen LogP contribution in [0.2, 0.25) is 5.02 Å². The second-order valence-electron chi connectivity index (χ2n) is 4.42. The average Bonchev–Trinajstić information content (AvgIpc) is 2.72. The third-order valence-electron chi connectivity index (χ3n) is 3.10. The summed E-state index contributed by atoms with van der Waals surface area (Å²) in [6, 6.07) is 0.122.